The molecule has 0 aliphatic heterocycles. The molecule has 0 fully saturated rings. The van der Waals surface area contributed by atoms with E-state index in [1.54, 1.807) is 0 Å². The minimum atomic E-state index is -0.441. The van der Waals surface area contributed by atoms with E-state index in [4.69, 9.17) is 0 Å². The molecule has 0 amide bonds. The second-order valence-corrected chi connectivity index (χ2v) is 15.7. The Kier molecular flexibility index (Phi) is 8.79. The van der Waals surface area contributed by atoms with Crippen LogP contribution in [0.3, 0.4) is 0 Å². The van der Waals surface area contributed by atoms with Crippen LogP contribution in [0.5, 0.6) is 0 Å². The van der Waals surface area contributed by atoms with Gasteiger partial charge >= 0.3 is 0 Å². The molecule has 60 heavy (non-hydrogen) atoms. The minimum absolute atomic E-state index is 0.441. The van der Waals surface area contributed by atoms with E-state index >= 15 is 0 Å². The fourth-order valence-corrected chi connectivity index (χ4v) is 9.50. The summed E-state index contributed by atoms with van der Waals surface area (Å²) in [5, 5.41) is 2.49. The zero-order chi connectivity index (χ0) is 39.9. The lowest BCUT2D eigenvalue weighted by Gasteiger charge is -2.34. The molecule has 11 rings (SSSR count). The van der Waals surface area contributed by atoms with Crippen molar-refractivity contribution in [3.05, 3.63) is 271 Å². The first kappa shape index (κ1) is 35.4. The van der Waals surface area contributed by atoms with Crippen molar-refractivity contribution in [1.82, 2.24) is 0 Å². The Bertz CT molecular complexity index is 3070. The highest BCUT2D eigenvalue weighted by atomic mass is 15.1. The Balaban J connectivity index is 1.02. The van der Waals surface area contributed by atoms with Crippen molar-refractivity contribution in [2.24, 2.45) is 0 Å². The summed E-state index contributed by atoms with van der Waals surface area (Å²) in [6.07, 6.45) is 0. The summed E-state index contributed by atoms with van der Waals surface area (Å²) < 4.78 is 0. The average molecular weight is 764 g/mol. The Hall–Kier alpha value is -7.74. The van der Waals surface area contributed by atoms with E-state index < -0.39 is 5.41 Å². The lowest BCUT2D eigenvalue weighted by atomic mass is 9.67. The molecule has 0 saturated carbocycles. The fourth-order valence-electron chi connectivity index (χ4n) is 9.50. The monoisotopic (exact) mass is 763 g/mol. The largest absolute Gasteiger partial charge is 0.310 e. The van der Waals surface area contributed by atoms with Gasteiger partial charge in [-0.05, 0) is 126 Å². The van der Waals surface area contributed by atoms with E-state index in [2.05, 4.69) is 254 Å². The van der Waals surface area contributed by atoms with Crippen molar-refractivity contribution in [3.63, 3.8) is 0 Å². The summed E-state index contributed by atoms with van der Waals surface area (Å²) in [7, 11) is 0. The molecule has 282 valence electrons. The van der Waals surface area contributed by atoms with Crippen LogP contribution in [0.1, 0.15) is 22.3 Å². The molecular formula is C59H41N. The van der Waals surface area contributed by atoms with Crippen LogP contribution in [0.25, 0.3) is 55.3 Å². The van der Waals surface area contributed by atoms with Gasteiger partial charge in [0, 0.05) is 17.1 Å². The number of hydrogen-bond donors (Lipinski definition) is 0. The highest BCUT2D eigenvalue weighted by Gasteiger charge is 2.46. The fraction of sp³-hybridized carbons (Fsp3) is 0.0169. The average Bonchev–Trinajstić information content (AvgIpc) is 3.63. The third-order valence-electron chi connectivity index (χ3n) is 12.3. The molecule has 0 N–H and O–H groups in total. The topological polar surface area (TPSA) is 3.24 Å². The van der Waals surface area contributed by atoms with Crippen molar-refractivity contribution in [2.45, 2.75) is 5.41 Å². The van der Waals surface area contributed by atoms with Gasteiger partial charge in [-0.15, -0.1) is 0 Å². The molecule has 0 aromatic heterocycles. The molecule has 0 spiro atoms. The zero-order valence-electron chi connectivity index (χ0n) is 33.1. The Labute approximate surface area is 352 Å². The first-order valence-corrected chi connectivity index (χ1v) is 20.7. The second-order valence-electron chi connectivity index (χ2n) is 15.7. The molecule has 0 radical (unpaired) electrons. The number of rotatable bonds is 8. The van der Waals surface area contributed by atoms with Crippen LogP contribution in [0.2, 0.25) is 0 Å². The van der Waals surface area contributed by atoms with Gasteiger partial charge in [-0.1, -0.05) is 200 Å². The van der Waals surface area contributed by atoms with Crippen LogP contribution in [-0.4, -0.2) is 0 Å². The van der Waals surface area contributed by atoms with E-state index in [-0.39, 0.29) is 0 Å². The van der Waals surface area contributed by atoms with Crippen LogP contribution >= 0.6 is 0 Å². The van der Waals surface area contributed by atoms with Gasteiger partial charge in [0.15, 0.2) is 0 Å². The number of anilines is 3. The maximum atomic E-state index is 2.44. The summed E-state index contributed by atoms with van der Waals surface area (Å²) >= 11 is 0. The molecule has 10 aromatic rings. The second kappa shape index (κ2) is 14.9. The Morgan fingerprint density at radius 3 is 1.40 bits per heavy atom. The first-order chi connectivity index (χ1) is 29.7. The minimum Gasteiger partial charge on any atom is -0.310 e. The predicted molar refractivity (Wildman–Crippen MR) is 252 cm³/mol. The Morgan fingerprint density at radius 1 is 0.250 bits per heavy atom. The smallest absolute Gasteiger partial charge is 0.0713 e. The molecule has 0 saturated heterocycles. The van der Waals surface area contributed by atoms with E-state index in [0.29, 0.717) is 0 Å². The van der Waals surface area contributed by atoms with Gasteiger partial charge in [-0.3, -0.25) is 0 Å². The maximum absolute atomic E-state index is 2.44. The summed E-state index contributed by atoms with van der Waals surface area (Å²) in [5.41, 5.74) is 17.8. The van der Waals surface area contributed by atoms with Gasteiger partial charge in [0.05, 0.1) is 5.41 Å². The summed E-state index contributed by atoms with van der Waals surface area (Å²) in [6, 6.07) is 90.9. The molecule has 0 unspecified atom stereocenters. The number of benzene rings is 10. The molecule has 1 aliphatic carbocycles. The van der Waals surface area contributed by atoms with Gasteiger partial charge < -0.3 is 4.90 Å². The quantitative estimate of drug-likeness (QED) is 0.149. The SMILES string of the molecule is c1ccc(-c2ccc(N(c3ccc(-c4ccc5c(c4)C(c4ccccc4)(c4ccccc4)c4ccccc4-5)cc3)c3cccc(-c4ccc5ccccc5c4)c3)cc2)cc1. The molecular weight excluding hydrogens is 723 g/mol. The van der Waals surface area contributed by atoms with Crippen molar-refractivity contribution < 1.29 is 0 Å². The highest BCUT2D eigenvalue weighted by molar-refractivity contribution is 5.90. The lowest BCUT2D eigenvalue weighted by Crippen LogP contribution is -2.28. The van der Waals surface area contributed by atoms with E-state index in [1.165, 1.54) is 77.5 Å². The molecule has 1 aliphatic rings. The number of hydrogen-bond acceptors (Lipinski definition) is 1. The van der Waals surface area contributed by atoms with Crippen LogP contribution in [0, 0.1) is 0 Å². The van der Waals surface area contributed by atoms with Gasteiger partial charge in [0.2, 0.25) is 0 Å². The van der Waals surface area contributed by atoms with Crippen LogP contribution in [0.15, 0.2) is 249 Å². The van der Waals surface area contributed by atoms with Crippen molar-refractivity contribution in [2.75, 3.05) is 4.90 Å². The number of fused-ring (bicyclic) bond motifs is 4. The lowest BCUT2D eigenvalue weighted by molar-refractivity contribution is 0.769. The summed E-state index contributed by atoms with van der Waals surface area (Å²) in [6.45, 7) is 0. The molecule has 1 heteroatoms. The molecule has 0 atom stereocenters. The van der Waals surface area contributed by atoms with E-state index in [1.807, 2.05) is 0 Å². The number of nitrogens with zero attached hydrogens (tertiary/aromatic N) is 1. The first-order valence-electron chi connectivity index (χ1n) is 20.7. The third-order valence-corrected chi connectivity index (χ3v) is 12.3. The molecule has 0 heterocycles. The summed E-state index contributed by atoms with van der Waals surface area (Å²) in [5.74, 6) is 0. The highest BCUT2D eigenvalue weighted by Crippen LogP contribution is 2.56. The zero-order valence-corrected chi connectivity index (χ0v) is 33.1. The van der Waals surface area contributed by atoms with Gasteiger partial charge in [0.1, 0.15) is 0 Å². The van der Waals surface area contributed by atoms with Crippen molar-refractivity contribution in [3.8, 4) is 44.5 Å². The van der Waals surface area contributed by atoms with E-state index in [9.17, 15) is 0 Å². The van der Waals surface area contributed by atoms with Crippen LogP contribution < -0.4 is 4.90 Å². The van der Waals surface area contributed by atoms with Crippen LogP contribution in [-0.2, 0) is 5.41 Å². The van der Waals surface area contributed by atoms with Gasteiger partial charge in [-0.2, -0.15) is 0 Å². The normalized spacial score (nSPS) is 12.5. The predicted octanol–water partition coefficient (Wildman–Crippen LogP) is 15.7. The standard InChI is InChI=1S/C59H41N/c1-4-15-42(16-5-1)44-29-34-52(35-30-44)60(54-24-14-19-47(40-54)48-28-27-43-17-10-11-18-46(43)39-48)53-36-31-45(32-37-53)49-33-38-56-55-25-12-13-26-57(55)59(58(56)41-49,50-20-6-2-7-21-50)51-22-8-3-9-23-51/h1-41H. The van der Waals surface area contributed by atoms with Crippen LogP contribution in [0.4, 0.5) is 17.1 Å². The summed E-state index contributed by atoms with van der Waals surface area (Å²) in [4.78, 5) is 2.37. The van der Waals surface area contributed by atoms with Gasteiger partial charge in [-0.25, -0.2) is 0 Å². The van der Waals surface area contributed by atoms with Gasteiger partial charge in [0.25, 0.3) is 0 Å². The van der Waals surface area contributed by atoms with Crippen molar-refractivity contribution >= 4 is 27.8 Å². The van der Waals surface area contributed by atoms with E-state index in [0.717, 1.165) is 17.1 Å². The third kappa shape index (κ3) is 6.03. The molecule has 1 nitrogen and oxygen atoms in total. The van der Waals surface area contributed by atoms with Crippen molar-refractivity contribution in [1.29, 1.82) is 0 Å². The maximum Gasteiger partial charge on any atom is 0.0713 e. The molecule has 10 aromatic carbocycles. The Morgan fingerprint density at radius 2 is 0.717 bits per heavy atom. The molecule has 0 bridgehead atoms.